The van der Waals surface area contributed by atoms with Crippen LogP contribution in [0.5, 0.6) is 0 Å². The summed E-state index contributed by atoms with van der Waals surface area (Å²) in [7, 11) is 0. The minimum atomic E-state index is 1.07. The minimum Gasteiger partial charge on any atom is -0.254 e. The topological polar surface area (TPSA) is 12.9 Å². The van der Waals surface area contributed by atoms with Gasteiger partial charge in [0.1, 0.15) is 0 Å². The van der Waals surface area contributed by atoms with Crippen molar-refractivity contribution < 1.29 is 0 Å². The Labute approximate surface area is 175 Å². The molecule has 0 spiro atoms. The fourth-order valence-electron chi connectivity index (χ4n) is 3.93. The van der Waals surface area contributed by atoms with Gasteiger partial charge in [0.2, 0.25) is 0 Å². The quantitative estimate of drug-likeness (QED) is 0.304. The summed E-state index contributed by atoms with van der Waals surface area (Å²) in [5.41, 5.74) is 8.43. The second-order valence-electron chi connectivity index (χ2n) is 7.48. The number of rotatable bonds is 3. The molecule has 0 saturated heterocycles. The molecule has 0 unspecified atom stereocenters. The maximum absolute atomic E-state index is 4.95. The molecule has 2 aromatic heterocycles. The summed E-state index contributed by atoms with van der Waals surface area (Å²) in [5.74, 6) is 0. The van der Waals surface area contributed by atoms with Crippen LogP contribution in [0.1, 0.15) is 11.1 Å². The standard InChI is InChI=1S/C27H21NS/c1-18-13-19(2)15-22(14-18)26-27-23(16-25(29-27)21-11-7-4-8-12-21)24(17-28-26)20-9-5-3-6-10-20/h3-17H,1-2H3. The molecule has 29 heavy (non-hydrogen) atoms. The van der Waals surface area contributed by atoms with E-state index in [9.17, 15) is 0 Å². The van der Waals surface area contributed by atoms with Crippen LogP contribution in [-0.2, 0) is 0 Å². The molecule has 0 aliphatic heterocycles. The molecule has 0 fully saturated rings. The largest absolute Gasteiger partial charge is 0.254 e. The van der Waals surface area contributed by atoms with E-state index in [2.05, 4.69) is 98.8 Å². The van der Waals surface area contributed by atoms with Gasteiger partial charge in [-0.15, -0.1) is 11.3 Å². The summed E-state index contributed by atoms with van der Waals surface area (Å²) in [6, 6.07) is 30.2. The lowest BCUT2D eigenvalue weighted by molar-refractivity contribution is 1.33. The number of hydrogen-bond acceptors (Lipinski definition) is 2. The van der Waals surface area contributed by atoms with Crippen molar-refractivity contribution in [2.45, 2.75) is 13.8 Å². The molecule has 0 atom stereocenters. The number of fused-ring (bicyclic) bond motifs is 1. The molecule has 0 aliphatic rings. The number of thiophene rings is 1. The van der Waals surface area contributed by atoms with Crippen LogP contribution in [0.25, 0.3) is 42.9 Å². The van der Waals surface area contributed by atoms with Gasteiger partial charge in [0.05, 0.1) is 10.4 Å². The van der Waals surface area contributed by atoms with Gasteiger partial charge < -0.3 is 0 Å². The zero-order valence-corrected chi connectivity index (χ0v) is 17.3. The predicted molar refractivity (Wildman–Crippen MR) is 125 cm³/mol. The maximum Gasteiger partial charge on any atom is 0.0880 e. The third-order valence-electron chi connectivity index (χ3n) is 5.20. The van der Waals surface area contributed by atoms with Crippen LogP contribution in [-0.4, -0.2) is 4.98 Å². The Hall–Kier alpha value is -3.23. The van der Waals surface area contributed by atoms with E-state index in [0.29, 0.717) is 0 Å². The summed E-state index contributed by atoms with van der Waals surface area (Å²) in [6.07, 6.45) is 2.03. The summed E-state index contributed by atoms with van der Waals surface area (Å²) >= 11 is 1.83. The van der Waals surface area contributed by atoms with Gasteiger partial charge in [-0.1, -0.05) is 77.9 Å². The molecule has 5 aromatic rings. The van der Waals surface area contributed by atoms with Crippen LogP contribution in [0, 0.1) is 13.8 Å². The highest BCUT2D eigenvalue weighted by atomic mass is 32.1. The third-order valence-corrected chi connectivity index (χ3v) is 6.39. The molecule has 5 rings (SSSR count). The lowest BCUT2D eigenvalue weighted by Crippen LogP contribution is -1.89. The Balaban J connectivity index is 1.80. The van der Waals surface area contributed by atoms with Crippen LogP contribution < -0.4 is 0 Å². The highest BCUT2D eigenvalue weighted by Gasteiger charge is 2.16. The molecule has 0 saturated carbocycles. The van der Waals surface area contributed by atoms with Crippen molar-refractivity contribution in [2.75, 3.05) is 0 Å². The van der Waals surface area contributed by atoms with Crippen molar-refractivity contribution in [1.29, 1.82) is 0 Å². The van der Waals surface area contributed by atoms with Crippen molar-refractivity contribution in [3.63, 3.8) is 0 Å². The van der Waals surface area contributed by atoms with Gasteiger partial charge in [-0.2, -0.15) is 0 Å². The first kappa shape index (κ1) is 17.8. The molecular formula is C27H21NS. The molecule has 140 valence electrons. The summed E-state index contributed by atoms with van der Waals surface area (Å²) < 4.78 is 1.25. The van der Waals surface area contributed by atoms with Gasteiger partial charge in [0, 0.05) is 27.6 Å². The highest BCUT2D eigenvalue weighted by Crippen LogP contribution is 2.42. The van der Waals surface area contributed by atoms with E-state index in [4.69, 9.17) is 4.98 Å². The molecule has 0 radical (unpaired) electrons. The summed E-state index contributed by atoms with van der Waals surface area (Å²) in [4.78, 5) is 6.23. The second-order valence-corrected chi connectivity index (χ2v) is 8.53. The van der Waals surface area contributed by atoms with E-state index >= 15 is 0 Å². The monoisotopic (exact) mass is 391 g/mol. The molecule has 0 bridgehead atoms. The van der Waals surface area contributed by atoms with Crippen LogP contribution in [0.2, 0.25) is 0 Å². The Morgan fingerprint density at radius 3 is 1.93 bits per heavy atom. The van der Waals surface area contributed by atoms with Gasteiger partial charge in [-0.05, 0) is 43.2 Å². The van der Waals surface area contributed by atoms with E-state index in [1.54, 1.807) is 0 Å². The van der Waals surface area contributed by atoms with Crippen molar-refractivity contribution in [3.05, 3.63) is 102 Å². The van der Waals surface area contributed by atoms with Crippen LogP contribution >= 0.6 is 11.3 Å². The molecule has 2 heterocycles. The van der Waals surface area contributed by atoms with E-state index in [-0.39, 0.29) is 0 Å². The van der Waals surface area contributed by atoms with Gasteiger partial charge in [-0.25, -0.2) is 0 Å². The van der Waals surface area contributed by atoms with Crippen molar-refractivity contribution in [2.24, 2.45) is 0 Å². The summed E-state index contributed by atoms with van der Waals surface area (Å²) in [5, 5.41) is 1.27. The maximum atomic E-state index is 4.95. The van der Waals surface area contributed by atoms with Crippen molar-refractivity contribution >= 4 is 21.4 Å². The number of pyridine rings is 1. The molecule has 2 heteroatoms. The lowest BCUT2D eigenvalue weighted by atomic mass is 9.99. The van der Waals surface area contributed by atoms with Crippen molar-refractivity contribution in [3.8, 4) is 32.8 Å². The highest BCUT2D eigenvalue weighted by molar-refractivity contribution is 7.22. The Bertz CT molecular complexity index is 1280. The predicted octanol–water partition coefficient (Wildman–Crippen LogP) is 7.91. The van der Waals surface area contributed by atoms with Crippen LogP contribution in [0.3, 0.4) is 0 Å². The Kier molecular flexibility index (Phi) is 4.49. The first-order chi connectivity index (χ1) is 14.2. The van der Waals surface area contributed by atoms with E-state index in [1.165, 1.54) is 48.3 Å². The normalized spacial score (nSPS) is 11.1. The SMILES string of the molecule is Cc1cc(C)cc(-c2ncc(-c3ccccc3)c3cc(-c4ccccc4)sc23)c1. The second kappa shape index (κ2) is 7.31. The minimum absolute atomic E-state index is 1.07. The fraction of sp³-hybridized carbons (Fsp3) is 0.0741. The Morgan fingerprint density at radius 1 is 0.655 bits per heavy atom. The average molecular weight is 392 g/mol. The number of benzene rings is 3. The van der Waals surface area contributed by atoms with Gasteiger partial charge in [0.15, 0.2) is 0 Å². The van der Waals surface area contributed by atoms with Crippen LogP contribution in [0.4, 0.5) is 0 Å². The first-order valence-corrected chi connectivity index (χ1v) is 10.6. The first-order valence-electron chi connectivity index (χ1n) is 9.81. The van der Waals surface area contributed by atoms with Crippen molar-refractivity contribution in [1.82, 2.24) is 4.98 Å². The third kappa shape index (κ3) is 3.37. The fourth-order valence-corrected chi connectivity index (χ4v) is 5.13. The van der Waals surface area contributed by atoms with Gasteiger partial charge >= 0.3 is 0 Å². The molecule has 0 amide bonds. The van der Waals surface area contributed by atoms with E-state index in [0.717, 1.165) is 5.69 Å². The lowest BCUT2D eigenvalue weighted by Gasteiger charge is -2.09. The van der Waals surface area contributed by atoms with E-state index < -0.39 is 0 Å². The van der Waals surface area contributed by atoms with Crippen LogP contribution in [0.15, 0.2) is 91.1 Å². The summed E-state index contributed by atoms with van der Waals surface area (Å²) in [6.45, 7) is 4.30. The zero-order valence-electron chi connectivity index (χ0n) is 16.5. The smallest absolute Gasteiger partial charge is 0.0880 e. The molecule has 3 aromatic carbocycles. The Morgan fingerprint density at radius 2 is 1.28 bits per heavy atom. The number of hydrogen-bond donors (Lipinski definition) is 0. The number of nitrogens with zero attached hydrogens (tertiary/aromatic N) is 1. The molecular weight excluding hydrogens is 370 g/mol. The zero-order chi connectivity index (χ0) is 19.8. The van der Waals surface area contributed by atoms with Gasteiger partial charge in [0.25, 0.3) is 0 Å². The number of aryl methyl sites for hydroxylation is 2. The van der Waals surface area contributed by atoms with Gasteiger partial charge in [-0.3, -0.25) is 4.98 Å². The molecule has 0 N–H and O–H groups in total. The average Bonchev–Trinajstić information content (AvgIpc) is 3.19. The number of aromatic nitrogens is 1. The molecule has 1 nitrogen and oxygen atoms in total. The van der Waals surface area contributed by atoms with E-state index in [1.807, 2.05) is 17.5 Å². The molecule has 0 aliphatic carbocycles.